The van der Waals surface area contributed by atoms with E-state index in [0.29, 0.717) is 4.91 Å². The summed E-state index contributed by atoms with van der Waals surface area (Å²) in [6, 6.07) is 8.44. The summed E-state index contributed by atoms with van der Waals surface area (Å²) in [6.45, 7) is 0.849. The molecule has 1 saturated heterocycles. The predicted molar refractivity (Wildman–Crippen MR) is 105 cm³/mol. The van der Waals surface area contributed by atoms with Crippen LogP contribution in [0.3, 0.4) is 0 Å². The average molecular weight is 374 g/mol. The van der Waals surface area contributed by atoms with E-state index in [0.717, 1.165) is 55.7 Å². The van der Waals surface area contributed by atoms with Crippen LogP contribution in [0.4, 0.5) is 4.79 Å². The van der Waals surface area contributed by atoms with Crippen molar-refractivity contribution in [2.45, 2.75) is 57.8 Å². The summed E-state index contributed by atoms with van der Waals surface area (Å²) >= 11 is 0.992. The van der Waals surface area contributed by atoms with Gasteiger partial charge in [0.15, 0.2) is 0 Å². The fourth-order valence-electron chi connectivity index (χ4n) is 3.49. The van der Waals surface area contributed by atoms with E-state index in [2.05, 4.69) is 29.6 Å². The molecule has 1 aliphatic carbocycles. The lowest BCUT2D eigenvalue weighted by Crippen LogP contribution is -2.17. The number of nitrogens with one attached hydrogen (secondary N) is 1. The molecule has 0 unspecified atom stereocenters. The molecule has 1 N–H and O–H groups in total. The summed E-state index contributed by atoms with van der Waals surface area (Å²) in [5.41, 5.74) is 1.31. The number of amides is 2. The number of aryl methyl sites for hydroxylation is 1. The van der Waals surface area contributed by atoms with Crippen molar-refractivity contribution in [3.05, 3.63) is 40.8 Å². The Morgan fingerprint density at radius 1 is 1.08 bits per heavy atom. The number of carbonyl (C=O) groups is 2. The number of benzene rings is 1. The number of ether oxygens (including phenoxy) is 1. The van der Waals surface area contributed by atoms with Gasteiger partial charge in [0.1, 0.15) is 5.75 Å². The molecule has 1 aliphatic heterocycles. The first-order chi connectivity index (χ1) is 12.7. The van der Waals surface area contributed by atoms with Gasteiger partial charge in [-0.2, -0.15) is 0 Å². The van der Waals surface area contributed by atoms with Crippen LogP contribution in [0.2, 0.25) is 0 Å². The van der Waals surface area contributed by atoms with E-state index in [4.69, 9.17) is 4.74 Å². The second-order valence-corrected chi connectivity index (χ2v) is 8.13. The van der Waals surface area contributed by atoms with Gasteiger partial charge in [-0.25, -0.2) is 0 Å². The van der Waals surface area contributed by atoms with Crippen LogP contribution in [-0.2, 0) is 11.2 Å². The fourth-order valence-corrected chi connectivity index (χ4v) is 4.18. The molecule has 140 valence electrons. The third-order valence-corrected chi connectivity index (χ3v) is 5.88. The topological polar surface area (TPSA) is 55.4 Å². The van der Waals surface area contributed by atoms with Crippen LogP contribution < -0.4 is 10.1 Å². The number of carbonyl (C=O) groups excluding carboxylic acids is 2. The van der Waals surface area contributed by atoms with E-state index in [1.807, 2.05) is 6.08 Å². The first-order valence-corrected chi connectivity index (χ1v) is 10.5. The number of unbranched alkanes of at least 4 members (excludes halogenated alkanes) is 2. The normalized spacial score (nSPS) is 19.8. The quantitative estimate of drug-likeness (QED) is 0.501. The molecule has 2 fully saturated rings. The van der Waals surface area contributed by atoms with E-state index in [9.17, 15) is 9.59 Å². The van der Waals surface area contributed by atoms with Gasteiger partial charge in [0, 0.05) is 0 Å². The van der Waals surface area contributed by atoms with Gasteiger partial charge >= 0.3 is 0 Å². The number of imide groups is 1. The molecule has 1 aromatic rings. The maximum atomic E-state index is 11.4. The third-order valence-electron chi connectivity index (χ3n) is 5.03. The summed E-state index contributed by atoms with van der Waals surface area (Å²) < 4.78 is 5.94. The first-order valence-electron chi connectivity index (χ1n) is 9.66. The fraction of sp³-hybridized carbons (Fsp3) is 0.524. The number of thioether (sulfide) groups is 1. The second-order valence-electron chi connectivity index (χ2n) is 7.12. The Labute approximate surface area is 159 Å². The van der Waals surface area contributed by atoms with Gasteiger partial charge in [-0.3, -0.25) is 14.9 Å². The molecule has 1 aromatic carbocycles. The van der Waals surface area contributed by atoms with Crippen molar-refractivity contribution in [3.8, 4) is 5.75 Å². The third kappa shape index (κ3) is 5.90. The van der Waals surface area contributed by atoms with Gasteiger partial charge in [0.2, 0.25) is 0 Å². The molecule has 0 atom stereocenters. The Morgan fingerprint density at radius 2 is 1.85 bits per heavy atom. The number of rotatable bonds is 8. The Bertz CT molecular complexity index is 648. The Morgan fingerprint density at radius 3 is 2.54 bits per heavy atom. The van der Waals surface area contributed by atoms with Crippen molar-refractivity contribution in [1.29, 1.82) is 0 Å². The molecule has 3 rings (SSSR count). The smallest absolute Gasteiger partial charge is 0.290 e. The number of hydrogen-bond donors (Lipinski definition) is 1. The Hall–Kier alpha value is -1.75. The van der Waals surface area contributed by atoms with Gasteiger partial charge in [-0.1, -0.05) is 37.5 Å². The summed E-state index contributed by atoms with van der Waals surface area (Å²) in [4.78, 5) is 23.0. The van der Waals surface area contributed by atoms with Gasteiger partial charge in [0.05, 0.1) is 11.5 Å². The number of hydrogen-bond acceptors (Lipinski definition) is 4. The summed E-state index contributed by atoms with van der Waals surface area (Å²) in [6.07, 6.45) is 12.5. The van der Waals surface area contributed by atoms with Gasteiger partial charge in [-0.15, -0.1) is 0 Å². The van der Waals surface area contributed by atoms with Crippen LogP contribution in [0, 0.1) is 5.92 Å². The van der Waals surface area contributed by atoms with Crippen LogP contribution in [0.1, 0.15) is 56.9 Å². The largest absolute Gasteiger partial charge is 0.493 e. The van der Waals surface area contributed by atoms with Gasteiger partial charge in [-0.05, 0) is 73.9 Å². The standard InChI is InChI=1S/C21H27NO3S/c23-20-19(26-21(24)22-20)10-6-2-3-7-16-11-13-18(14-12-16)25-15-17-8-4-1-5-9-17/h10-14,17H,1-9,15H2,(H,22,23,24). The molecular weight excluding hydrogens is 346 g/mol. The molecule has 0 bridgehead atoms. The van der Waals surface area contributed by atoms with E-state index in [1.54, 1.807) is 0 Å². The minimum Gasteiger partial charge on any atom is -0.493 e. The van der Waals surface area contributed by atoms with E-state index < -0.39 is 0 Å². The zero-order valence-corrected chi connectivity index (χ0v) is 16.0. The molecule has 5 heteroatoms. The average Bonchev–Trinajstić information content (AvgIpc) is 2.99. The second kappa shape index (κ2) is 9.81. The van der Waals surface area contributed by atoms with Crippen LogP contribution >= 0.6 is 11.8 Å². The molecule has 4 nitrogen and oxygen atoms in total. The summed E-state index contributed by atoms with van der Waals surface area (Å²) in [5.74, 6) is 1.44. The summed E-state index contributed by atoms with van der Waals surface area (Å²) in [7, 11) is 0. The highest BCUT2D eigenvalue weighted by Gasteiger charge is 2.24. The minimum atomic E-state index is -0.271. The molecule has 26 heavy (non-hydrogen) atoms. The maximum Gasteiger partial charge on any atom is 0.290 e. The molecular formula is C21H27NO3S. The highest BCUT2D eigenvalue weighted by molar-refractivity contribution is 8.18. The molecule has 1 heterocycles. The van der Waals surface area contributed by atoms with Crippen LogP contribution in [0.15, 0.2) is 35.2 Å². The number of allylic oxidation sites excluding steroid dienone is 1. The molecule has 2 aliphatic rings. The van der Waals surface area contributed by atoms with E-state index in [-0.39, 0.29) is 11.1 Å². The van der Waals surface area contributed by atoms with Gasteiger partial charge in [0.25, 0.3) is 11.1 Å². The Kier molecular flexibility index (Phi) is 7.18. The van der Waals surface area contributed by atoms with E-state index >= 15 is 0 Å². The van der Waals surface area contributed by atoms with Crippen molar-refractivity contribution in [2.75, 3.05) is 6.61 Å². The predicted octanol–water partition coefficient (Wildman–Crippen LogP) is 5.23. The first kappa shape index (κ1) is 19.0. The van der Waals surface area contributed by atoms with Crippen molar-refractivity contribution < 1.29 is 14.3 Å². The van der Waals surface area contributed by atoms with Crippen molar-refractivity contribution >= 4 is 22.9 Å². The Balaban J connectivity index is 1.33. The van der Waals surface area contributed by atoms with Crippen LogP contribution in [0.5, 0.6) is 5.75 Å². The summed E-state index contributed by atoms with van der Waals surface area (Å²) in [5, 5.41) is 2.00. The molecule has 1 saturated carbocycles. The highest BCUT2D eigenvalue weighted by Crippen LogP contribution is 2.25. The SMILES string of the molecule is O=C1NC(=O)C(=CCCCCc2ccc(OCC3CCCCC3)cc2)S1. The lowest BCUT2D eigenvalue weighted by molar-refractivity contribution is -0.115. The highest BCUT2D eigenvalue weighted by atomic mass is 32.2. The monoisotopic (exact) mass is 373 g/mol. The van der Waals surface area contributed by atoms with Crippen molar-refractivity contribution in [2.24, 2.45) is 5.92 Å². The lowest BCUT2D eigenvalue weighted by atomic mass is 9.90. The molecule has 0 aromatic heterocycles. The maximum absolute atomic E-state index is 11.4. The van der Waals surface area contributed by atoms with E-state index in [1.165, 1.54) is 37.7 Å². The lowest BCUT2D eigenvalue weighted by Gasteiger charge is -2.21. The molecule has 0 spiro atoms. The zero-order chi connectivity index (χ0) is 18.2. The zero-order valence-electron chi connectivity index (χ0n) is 15.2. The molecule has 2 amide bonds. The van der Waals surface area contributed by atoms with Crippen molar-refractivity contribution in [1.82, 2.24) is 5.32 Å². The van der Waals surface area contributed by atoms with Gasteiger partial charge < -0.3 is 4.74 Å². The van der Waals surface area contributed by atoms with Crippen LogP contribution in [-0.4, -0.2) is 17.8 Å². The van der Waals surface area contributed by atoms with Crippen LogP contribution in [0.25, 0.3) is 0 Å². The minimum absolute atomic E-state index is 0.260. The molecule has 0 radical (unpaired) electrons. The van der Waals surface area contributed by atoms with Crippen molar-refractivity contribution in [3.63, 3.8) is 0 Å².